The molecule has 1 aliphatic rings. The van der Waals surface area contributed by atoms with Crippen LogP contribution in [0.5, 0.6) is 0 Å². The van der Waals surface area contributed by atoms with E-state index in [0.29, 0.717) is 0 Å². The second kappa shape index (κ2) is 2.93. The monoisotopic (exact) mass is 410 g/mol. The molecule has 0 amide bonds. The zero-order chi connectivity index (χ0) is 11.4. The van der Waals surface area contributed by atoms with Crippen LogP contribution in [0.25, 0.3) is 11.1 Å². The van der Waals surface area contributed by atoms with Gasteiger partial charge in [0.25, 0.3) is 0 Å². The van der Waals surface area contributed by atoms with E-state index in [0.717, 1.165) is 17.7 Å². The summed E-state index contributed by atoms with van der Waals surface area (Å²) < 4.78 is 21.2. The molecule has 2 aromatic rings. The molecule has 1 heterocycles. The molecular weight excluding hydrogens is 396 g/mol. The van der Waals surface area contributed by atoms with Crippen molar-refractivity contribution in [2.24, 2.45) is 0 Å². The van der Waals surface area contributed by atoms with Crippen LogP contribution in [0.2, 0.25) is 9.26 Å². The molecule has 0 aliphatic carbocycles. The summed E-state index contributed by atoms with van der Waals surface area (Å²) in [6.45, 7) is 0. The van der Waals surface area contributed by atoms with Crippen molar-refractivity contribution in [1.29, 1.82) is 0 Å². The molecule has 0 fully saturated rings. The van der Waals surface area contributed by atoms with Gasteiger partial charge < -0.3 is 0 Å². The number of halogens is 1. The summed E-state index contributed by atoms with van der Waals surface area (Å²) in [5.41, 5.74) is 2.22. The van der Waals surface area contributed by atoms with E-state index < -0.39 is 19.4 Å². The molecule has 82 valence electrons. The van der Waals surface area contributed by atoms with Gasteiger partial charge in [-0.1, -0.05) is 0 Å². The Morgan fingerprint density at radius 3 is 1.56 bits per heavy atom. The first-order valence-electron chi connectivity index (χ1n) is 5.42. The molecule has 0 atom stereocenters. The summed E-state index contributed by atoms with van der Waals surface area (Å²) in [4.78, 5) is 0. The molecule has 0 saturated carbocycles. The first kappa shape index (κ1) is 10.4. The molecule has 1 aliphatic heterocycles. The molecule has 0 aromatic heterocycles. The van der Waals surface area contributed by atoms with E-state index in [2.05, 4.69) is 0 Å². The Balaban J connectivity index is 2.50. The van der Waals surface area contributed by atoms with Gasteiger partial charge >= 0.3 is 97.5 Å². The molecule has 0 nitrogen and oxygen atoms in total. The molecule has 0 unspecified atom stereocenters. The van der Waals surface area contributed by atoms with E-state index in [4.69, 9.17) is 0 Å². The zero-order valence-corrected chi connectivity index (χ0v) is 12.9. The van der Waals surface area contributed by atoms with Gasteiger partial charge in [-0.3, -0.25) is 0 Å². The van der Waals surface area contributed by atoms with Gasteiger partial charge in [0.05, 0.1) is 0 Å². The normalized spacial score (nSPS) is 21.6. The second-order valence-electron chi connectivity index (χ2n) is 4.99. The molecule has 0 radical (unpaired) electrons. The molecule has 0 N–H and O–H groups in total. The van der Waals surface area contributed by atoms with Crippen molar-refractivity contribution >= 4 is 25.9 Å². The van der Waals surface area contributed by atoms with Crippen molar-refractivity contribution < 1.29 is 2.63 Å². The number of rotatable bonds is 0. The Morgan fingerprint density at radius 1 is 0.750 bits per heavy atom. The van der Waals surface area contributed by atoms with Gasteiger partial charge in [-0.2, -0.15) is 0 Å². The van der Waals surface area contributed by atoms with Crippen LogP contribution in [-0.2, 0) is 0 Å². The molecule has 3 rings (SSSR count). The van der Waals surface area contributed by atoms with E-state index in [1.165, 1.54) is 0 Å². The topological polar surface area (TPSA) is 0 Å². The van der Waals surface area contributed by atoms with Crippen LogP contribution in [0.4, 0.5) is 2.63 Å². The third kappa shape index (κ3) is 1.17. The molecule has 0 bridgehead atoms. The fourth-order valence-electron chi connectivity index (χ4n) is 2.65. The quantitative estimate of drug-likeness (QED) is 0.587. The molecule has 0 spiro atoms. The van der Waals surface area contributed by atoms with Crippen molar-refractivity contribution in [2.45, 2.75) is 9.26 Å². The Hall–Kier alpha value is -0.747. The van der Waals surface area contributed by atoms with Crippen LogP contribution in [-0.4, -0.2) is 19.4 Å². The van der Waals surface area contributed by atoms with Crippen LogP contribution in [0, 0.1) is 0 Å². The molecule has 2 aromatic carbocycles. The molecular formula is C14H14BiF. The zero-order valence-electron chi connectivity index (χ0n) is 9.44. The number of hydrogen-bond acceptors (Lipinski definition) is 0. The second-order valence-corrected chi connectivity index (χ2v) is 24.0. The minimum atomic E-state index is -4.37. The van der Waals surface area contributed by atoms with Crippen LogP contribution in [0.15, 0.2) is 48.5 Å². The first-order valence-corrected chi connectivity index (χ1v) is 17.2. The summed E-state index contributed by atoms with van der Waals surface area (Å²) >= 11 is -4.37. The maximum absolute atomic E-state index is 15.5. The fraction of sp³-hybridized carbons (Fsp3) is 0.143. The summed E-state index contributed by atoms with van der Waals surface area (Å²) in [5.74, 6) is 0. The van der Waals surface area contributed by atoms with Crippen LogP contribution in [0.1, 0.15) is 0 Å². The van der Waals surface area contributed by atoms with Crippen molar-refractivity contribution in [3.8, 4) is 11.1 Å². The molecule has 2 heteroatoms. The van der Waals surface area contributed by atoms with Gasteiger partial charge in [-0.05, 0) is 0 Å². The standard InChI is InChI=1S/C12H8.2CH3.Bi.FH/c1-3-7-11(8-4-1)12-9-5-2-6-10-12;;;;/h1-7,9H;2*1H3;;1H/q;;;+1;/p-1. The van der Waals surface area contributed by atoms with Gasteiger partial charge in [0, 0.05) is 0 Å². The third-order valence-electron chi connectivity index (χ3n) is 3.48. The van der Waals surface area contributed by atoms with Crippen molar-refractivity contribution in [3.05, 3.63) is 48.5 Å². The van der Waals surface area contributed by atoms with Gasteiger partial charge in [0.2, 0.25) is 0 Å². The van der Waals surface area contributed by atoms with Gasteiger partial charge in [-0.25, -0.2) is 0 Å². The Kier molecular flexibility index (Phi) is 1.90. The number of benzene rings is 2. The Labute approximate surface area is 97.1 Å². The van der Waals surface area contributed by atoms with Crippen molar-refractivity contribution in [1.82, 2.24) is 0 Å². The minimum absolute atomic E-state index is 0.981. The van der Waals surface area contributed by atoms with Crippen molar-refractivity contribution in [3.63, 3.8) is 0 Å². The average molecular weight is 410 g/mol. The van der Waals surface area contributed by atoms with E-state index in [-0.39, 0.29) is 0 Å². The van der Waals surface area contributed by atoms with Crippen LogP contribution >= 0.6 is 0 Å². The Morgan fingerprint density at radius 2 is 1.12 bits per heavy atom. The van der Waals surface area contributed by atoms with Crippen molar-refractivity contribution in [2.75, 3.05) is 0 Å². The van der Waals surface area contributed by atoms with E-state index in [9.17, 15) is 0 Å². The maximum atomic E-state index is 15.5. The fourth-order valence-corrected chi connectivity index (χ4v) is 14.6. The van der Waals surface area contributed by atoms with Crippen LogP contribution in [0.3, 0.4) is 0 Å². The predicted molar refractivity (Wildman–Crippen MR) is 69.7 cm³/mol. The number of fused-ring (bicyclic) bond motifs is 3. The molecule has 16 heavy (non-hydrogen) atoms. The Bertz CT molecular complexity index is 529. The summed E-state index contributed by atoms with van der Waals surface area (Å²) in [6.07, 6.45) is 0. The average Bonchev–Trinajstić information content (AvgIpc) is 2.47. The summed E-state index contributed by atoms with van der Waals surface area (Å²) in [5, 5.41) is 0. The number of hydrogen-bond donors (Lipinski definition) is 0. The van der Waals surface area contributed by atoms with E-state index in [1.54, 1.807) is 0 Å². The summed E-state index contributed by atoms with van der Waals surface area (Å²) in [7, 11) is 0. The third-order valence-corrected chi connectivity index (χ3v) is 17.3. The van der Waals surface area contributed by atoms with E-state index in [1.807, 2.05) is 57.8 Å². The van der Waals surface area contributed by atoms with Gasteiger partial charge in [0.15, 0.2) is 0 Å². The molecule has 0 saturated heterocycles. The SMILES string of the molecule is [CH3][Bi]1([CH3])([F])[c]2ccccc2-c2cccc[c]21. The first-order chi connectivity index (χ1) is 7.49. The van der Waals surface area contributed by atoms with Crippen LogP contribution < -0.4 is 6.54 Å². The summed E-state index contributed by atoms with van der Waals surface area (Å²) in [6, 6.07) is 15.9. The predicted octanol–water partition coefficient (Wildman–Crippen LogP) is 2.91. The van der Waals surface area contributed by atoms with E-state index >= 15 is 2.63 Å². The van der Waals surface area contributed by atoms with Gasteiger partial charge in [-0.15, -0.1) is 0 Å². The van der Waals surface area contributed by atoms with Gasteiger partial charge in [0.1, 0.15) is 0 Å².